The van der Waals surface area contributed by atoms with Crippen molar-refractivity contribution in [1.82, 2.24) is 4.98 Å². The molecular weight excluding hydrogens is 272 g/mol. The van der Waals surface area contributed by atoms with Crippen molar-refractivity contribution in [2.45, 2.75) is 19.8 Å². The van der Waals surface area contributed by atoms with Crippen molar-refractivity contribution < 1.29 is 31.8 Å². The second kappa shape index (κ2) is 5.83. The Kier molecular flexibility index (Phi) is 4.65. The zero-order chi connectivity index (χ0) is 14.6. The number of alkyl halides is 3. The van der Waals surface area contributed by atoms with Gasteiger partial charge in [-0.15, -0.1) is 13.2 Å². The highest BCUT2D eigenvalue weighted by atomic mass is 19.4. The maximum atomic E-state index is 13.3. The summed E-state index contributed by atoms with van der Waals surface area (Å²) < 4.78 is 57.9. The fourth-order valence-electron chi connectivity index (χ4n) is 1.20. The number of aromatic nitrogens is 1. The Balaban J connectivity index is 3.26. The summed E-state index contributed by atoms with van der Waals surface area (Å²) in [4.78, 5) is 14.5. The van der Waals surface area contributed by atoms with Crippen molar-refractivity contribution >= 4 is 5.97 Å². The Labute approximate surface area is 105 Å². The first-order valence-electron chi connectivity index (χ1n) is 5.10. The van der Waals surface area contributed by atoms with E-state index in [-0.39, 0.29) is 12.2 Å². The predicted molar refractivity (Wildman–Crippen MR) is 54.7 cm³/mol. The molecule has 0 atom stereocenters. The van der Waals surface area contributed by atoms with E-state index in [9.17, 15) is 22.4 Å². The number of esters is 1. The molecule has 1 aromatic heterocycles. The van der Waals surface area contributed by atoms with E-state index in [0.29, 0.717) is 6.07 Å². The van der Waals surface area contributed by atoms with Gasteiger partial charge in [0.15, 0.2) is 11.4 Å². The maximum absolute atomic E-state index is 13.3. The van der Waals surface area contributed by atoms with Gasteiger partial charge < -0.3 is 15.2 Å². The maximum Gasteiger partial charge on any atom is 0.573 e. The number of hydrogen-bond donors (Lipinski definition) is 1. The normalized spacial score (nSPS) is 11.3. The van der Waals surface area contributed by atoms with E-state index in [1.807, 2.05) is 0 Å². The summed E-state index contributed by atoms with van der Waals surface area (Å²) in [7, 11) is 0. The quantitative estimate of drug-likeness (QED) is 0.517. The number of rotatable bonds is 4. The Morgan fingerprint density at radius 2 is 2.11 bits per heavy atom. The Bertz CT molecular complexity index is 477. The van der Waals surface area contributed by atoms with Crippen LogP contribution in [-0.4, -0.2) is 23.9 Å². The van der Waals surface area contributed by atoms with E-state index in [1.54, 1.807) is 0 Å². The lowest BCUT2D eigenvalue weighted by atomic mass is 10.2. The van der Waals surface area contributed by atoms with E-state index in [0.717, 1.165) is 0 Å². The molecule has 0 aliphatic carbocycles. The summed E-state index contributed by atoms with van der Waals surface area (Å²) in [6.07, 6.45) is -5.05. The number of halogens is 4. The second-order valence-corrected chi connectivity index (χ2v) is 3.26. The summed E-state index contributed by atoms with van der Waals surface area (Å²) >= 11 is 0. The van der Waals surface area contributed by atoms with Gasteiger partial charge in [-0.3, -0.25) is 0 Å². The molecule has 0 amide bonds. The van der Waals surface area contributed by atoms with Crippen molar-refractivity contribution in [3.05, 3.63) is 23.3 Å². The van der Waals surface area contributed by atoms with Crippen molar-refractivity contribution in [1.29, 1.82) is 0 Å². The molecule has 0 saturated carbocycles. The number of pyridine rings is 1. The third kappa shape index (κ3) is 4.05. The zero-order valence-electron chi connectivity index (χ0n) is 9.75. The second-order valence-electron chi connectivity index (χ2n) is 3.26. The van der Waals surface area contributed by atoms with Crippen LogP contribution >= 0.6 is 0 Å². The van der Waals surface area contributed by atoms with E-state index in [2.05, 4.69) is 14.5 Å². The van der Waals surface area contributed by atoms with Crippen LogP contribution in [0.5, 0.6) is 5.75 Å². The molecule has 1 aromatic rings. The van der Waals surface area contributed by atoms with Crippen LogP contribution < -0.4 is 10.5 Å². The van der Waals surface area contributed by atoms with Gasteiger partial charge in [-0.2, -0.15) is 4.39 Å². The van der Waals surface area contributed by atoms with E-state index < -0.39 is 36.3 Å². The molecule has 0 fully saturated rings. The van der Waals surface area contributed by atoms with Crippen molar-refractivity contribution in [2.75, 3.05) is 6.61 Å². The molecule has 2 N–H and O–H groups in total. The van der Waals surface area contributed by atoms with E-state index >= 15 is 0 Å². The van der Waals surface area contributed by atoms with E-state index in [4.69, 9.17) is 5.73 Å². The molecule has 0 aliphatic rings. The molecule has 0 bridgehead atoms. The highest BCUT2D eigenvalue weighted by Gasteiger charge is 2.34. The highest BCUT2D eigenvalue weighted by Crippen LogP contribution is 2.27. The first kappa shape index (κ1) is 15.2. The third-order valence-corrected chi connectivity index (χ3v) is 1.93. The molecule has 1 rings (SSSR count). The van der Waals surface area contributed by atoms with Gasteiger partial charge in [0, 0.05) is 12.1 Å². The van der Waals surface area contributed by atoms with Crippen LogP contribution in [0, 0.1) is 5.95 Å². The smallest absolute Gasteiger partial charge is 0.461 e. The monoisotopic (exact) mass is 282 g/mol. The van der Waals surface area contributed by atoms with Crippen molar-refractivity contribution in [3.63, 3.8) is 0 Å². The lowest BCUT2D eigenvalue weighted by Gasteiger charge is -2.13. The van der Waals surface area contributed by atoms with Crippen LogP contribution in [0.1, 0.15) is 23.0 Å². The molecular formula is C10H10F4N2O3. The van der Waals surface area contributed by atoms with Crippen LogP contribution in [0.4, 0.5) is 17.6 Å². The summed E-state index contributed by atoms with van der Waals surface area (Å²) in [6.45, 7) is 0.940. The van der Waals surface area contributed by atoms with Gasteiger partial charge in [0.2, 0.25) is 5.95 Å². The molecule has 19 heavy (non-hydrogen) atoms. The van der Waals surface area contributed by atoms with Gasteiger partial charge in [0.1, 0.15) is 0 Å². The minimum atomic E-state index is -5.05. The lowest BCUT2D eigenvalue weighted by molar-refractivity contribution is -0.274. The van der Waals surface area contributed by atoms with Crippen molar-refractivity contribution in [3.8, 4) is 5.75 Å². The predicted octanol–water partition coefficient (Wildman–Crippen LogP) is 1.75. The number of carbonyl (C=O) groups excluding carboxylic acids is 1. The zero-order valence-corrected chi connectivity index (χ0v) is 9.75. The Hall–Kier alpha value is -1.90. The Morgan fingerprint density at radius 3 is 2.58 bits per heavy atom. The Morgan fingerprint density at radius 1 is 1.47 bits per heavy atom. The van der Waals surface area contributed by atoms with Crippen LogP contribution in [0.15, 0.2) is 6.07 Å². The summed E-state index contributed by atoms with van der Waals surface area (Å²) in [5.74, 6) is -3.32. The minimum Gasteiger partial charge on any atom is -0.461 e. The van der Waals surface area contributed by atoms with Gasteiger partial charge in [0.25, 0.3) is 0 Å². The SMILES string of the molecule is CCOC(=O)c1nc(F)c(CN)cc1OC(F)(F)F. The molecule has 9 heteroatoms. The highest BCUT2D eigenvalue weighted by molar-refractivity contribution is 5.90. The molecule has 1 heterocycles. The first-order valence-corrected chi connectivity index (χ1v) is 5.10. The third-order valence-electron chi connectivity index (χ3n) is 1.93. The van der Waals surface area contributed by atoms with Gasteiger partial charge >= 0.3 is 12.3 Å². The molecule has 0 spiro atoms. The topological polar surface area (TPSA) is 74.4 Å². The summed E-state index contributed by atoms with van der Waals surface area (Å²) in [6, 6.07) is 0.669. The fourth-order valence-corrected chi connectivity index (χ4v) is 1.20. The molecule has 0 radical (unpaired) electrons. The average molecular weight is 282 g/mol. The first-order chi connectivity index (χ1) is 8.78. The standard InChI is InChI=1S/C10H10F4N2O3/c1-2-18-9(17)7-6(19-10(12,13)14)3-5(4-15)8(11)16-7/h3H,2,4,15H2,1H3. The van der Waals surface area contributed by atoms with Gasteiger partial charge in [-0.25, -0.2) is 9.78 Å². The van der Waals surface area contributed by atoms with Gasteiger partial charge in [-0.1, -0.05) is 0 Å². The minimum absolute atomic E-state index is 0.105. The van der Waals surface area contributed by atoms with Gasteiger partial charge in [-0.05, 0) is 13.0 Å². The number of hydrogen-bond acceptors (Lipinski definition) is 5. The van der Waals surface area contributed by atoms with Crippen LogP contribution in [0.25, 0.3) is 0 Å². The molecule has 0 aromatic carbocycles. The summed E-state index contributed by atoms with van der Waals surface area (Å²) in [5, 5.41) is 0. The van der Waals surface area contributed by atoms with Crippen LogP contribution in [-0.2, 0) is 11.3 Å². The number of nitrogens with two attached hydrogens (primary N) is 1. The lowest BCUT2D eigenvalue weighted by Crippen LogP contribution is -2.21. The molecule has 0 unspecified atom stereocenters. The number of ether oxygens (including phenoxy) is 2. The average Bonchev–Trinajstić information content (AvgIpc) is 2.29. The number of carbonyl (C=O) groups is 1. The van der Waals surface area contributed by atoms with Crippen LogP contribution in [0.3, 0.4) is 0 Å². The molecule has 0 aliphatic heterocycles. The van der Waals surface area contributed by atoms with Crippen molar-refractivity contribution in [2.24, 2.45) is 5.73 Å². The fraction of sp³-hybridized carbons (Fsp3) is 0.400. The van der Waals surface area contributed by atoms with E-state index in [1.165, 1.54) is 6.92 Å². The van der Waals surface area contributed by atoms with Gasteiger partial charge in [0.05, 0.1) is 6.61 Å². The largest absolute Gasteiger partial charge is 0.573 e. The van der Waals surface area contributed by atoms with Crippen LogP contribution in [0.2, 0.25) is 0 Å². The molecule has 0 saturated heterocycles. The summed E-state index contributed by atoms with van der Waals surface area (Å²) in [5.41, 5.74) is 3.93. The molecule has 5 nitrogen and oxygen atoms in total. The number of nitrogens with zero attached hydrogens (tertiary/aromatic N) is 1. The molecule has 106 valence electrons.